The second kappa shape index (κ2) is 12.3. The molecule has 0 fully saturated rings. The Kier molecular flexibility index (Phi) is 10.2. The van der Waals surface area contributed by atoms with Gasteiger partial charge in [-0.1, -0.05) is 25.5 Å². The molecular formula is C22H30N4O5. The number of amides is 2. The first kappa shape index (κ1) is 25.7. The summed E-state index contributed by atoms with van der Waals surface area (Å²) in [6, 6.07) is 8.07. The molecule has 0 radical (unpaired) electrons. The van der Waals surface area contributed by atoms with E-state index in [0.29, 0.717) is 0 Å². The van der Waals surface area contributed by atoms with Gasteiger partial charge in [-0.25, -0.2) is 9.59 Å². The predicted molar refractivity (Wildman–Crippen MR) is 116 cm³/mol. The number of para-hydroxylation sites is 1. The Bertz CT molecular complexity index is 852. The SMILES string of the molecule is CCCCOC(=O)c1ccccc1NC(=O)/C(C#N)=C\N(CCN)C(=O)OC(C)(C)C. The van der Waals surface area contributed by atoms with Gasteiger partial charge in [0.2, 0.25) is 0 Å². The number of rotatable bonds is 9. The number of hydrogen-bond donors (Lipinski definition) is 2. The highest BCUT2D eigenvalue weighted by atomic mass is 16.6. The lowest BCUT2D eigenvalue weighted by atomic mass is 10.1. The molecule has 3 N–H and O–H groups in total. The molecule has 0 aliphatic carbocycles. The molecule has 0 spiro atoms. The van der Waals surface area contributed by atoms with Gasteiger partial charge < -0.3 is 20.5 Å². The number of ether oxygens (including phenoxy) is 2. The molecule has 0 heterocycles. The maximum Gasteiger partial charge on any atom is 0.414 e. The summed E-state index contributed by atoms with van der Waals surface area (Å²) in [6.07, 6.45) is 1.94. The van der Waals surface area contributed by atoms with Gasteiger partial charge in [0.05, 0.1) is 17.9 Å². The van der Waals surface area contributed by atoms with Gasteiger partial charge in [0.15, 0.2) is 0 Å². The maximum atomic E-state index is 12.7. The van der Waals surface area contributed by atoms with Crippen LogP contribution in [0.1, 0.15) is 50.9 Å². The van der Waals surface area contributed by atoms with Crippen LogP contribution in [0.15, 0.2) is 36.0 Å². The van der Waals surface area contributed by atoms with E-state index in [1.807, 2.05) is 6.92 Å². The van der Waals surface area contributed by atoms with E-state index in [0.717, 1.165) is 23.9 Å². The second-order valence-corrected chi connectivity index (χ2v) is 7.61. The van der Waals surface area contributed by atoms with Crippen LogP contribution in [0.25, 0.3) is 0 Å². The molecule has 0 bridgehead atoms. The quantitative estimate of drug-likeness (QED) is 0.266. The van der Waals surface area contributed by atoms with Gasteiger partial charge in [0, 0.05) is 19.3 Å². The normalized spacial score (nSPS) is 11.3. The summed E-state index contributed by atoms with van der Waals surface area (Å²) in [4.78, 5) is 38.4. The molecule has 0 saturated heterocycles. The van der Waals surface area contributed by atoms with E-state index in [9.17, 15) is 19.6 Å². The molecule has 0 atom stereocenters. The van der Waals surface area contributed by atoms with Crippen LogP contribution < -0.4 is 11.1 Å². The van der Waals surface area contributed by atoms with Crippen molar-refractivity contribution in [1.29, 1.82) is 5.26 Å². The number of nitrogens with zero attached hydrogens (tertiary/aromatic N) is 2. The third-order valence-electron chi connectivity index (χ3n) is 3.77. The zero-order valence-corrected chi connectivity index (χ0v) is 18.4. The summed E-state index contributed by atoms with van der Waals surface area (Å²) in [7, 11) is 0. The molecule has 0 aromatic heterocycles. The average Bonchev–Trinajstić information content (AvgIpc) is 2.70. The van der Waals surface area contributed by atoms with Gasteiger partial charge in [-0.05, 0) is 39.3 Å². The predicted octanol–water partition coefficient (Wildman–Crippen LogP) is 3.19. The van der Waals surface area contributed by atoms with E-state index in [2.05, 4.69) is 5.32 Å². The van der Waals surface area contributed by atoms with Gasteiger partial charge in [-0.15, -0.1) is 0 Å². The molecule has 168 valence electrons. The summed E-state index contributed by atoms with van der Waals surface area (Å²) in [5, 5.41) is 12.0. The standard InChI is InChI=1S/C22H30N4O5/c1-5-6-13-30-20(28)17-9-7-8-10-18(17)25-19(27)16(14-24)15-26(12-11-23)21(29)31-22(2,3)4/h7-10,15H,5-6,11-13,23H2,1-4H3,(H,25,27)/b16-15-. The van der Waals surface area contributed by atoms with Gasteiger partial charge in [0.25, 0.3) is 5.91 Å². The van der Waals surface area contributed by atoms with E-state index in [-0.39, 0.29) is 36.5 Å². The Hall–Kier alpha value is -3.38. The fourth-order valence-electron chi connectivity index (χ4n) is 2.31. The van der Waals surface area contributed by atoms with Crippen LogP contribution in [-0.2, 0) is 14.3 Å². The Morgan fingerprint density at radius 3 is 2.52 bits per heavy atom. The van der Waals surface area contributed by atoms with Crippen molar-refractivity contribution in [3.8, 4) is 6.07 Å². The largest absolute Gasteiger partial charge is 0.462 e. The van der Waals surface area contributed by atoms with Crippen LogP contribution >= 0.6 is 0 Å². The molecule has 0 aliphatic rings. The zero-order chi connectivity index (χ0) is 23.4. The summed E-state index contributed by atoms with van der Waals surface area (Å²) in [5.74, 6) is -1.37. The highest BCUT2D eigenvalue weighted by Gasteiger charge is 2.23. The summed E-state index contributed by atoms with van der Waals surface area (Å²) in [6.45, 7) is 7.49. The number of unbranched alkanes of at least 4 members (excludes halogenated alkanes) is 1. The van der Waals surface area contributed by atoms with E-state index in [1.54, 1.807) is 39.0 Å². The van der Waals surface area contributed by atoms with Gasteiger partial charge >= 0.3 is 12.1 Å². The lowest BCUT2D eigenvalue weighted by Gasteiger charge is -2.25. The highest BCUT2D eigenvalue weighted by Crippen LogP contribution is 2.18. The van der Waals surface area contributed by atoms with E-state index < -0.39 is 23.6 Å². The average molecular weight is 431 g/mol. The Morgan fingerprint density at radius 1 is 1.26 bits per heavy atom. The highest BCUT2D eigenvalue weighted by molar-refractivity contribution is 6.09. The van der Waals surface area contributed by atoms with Gasteiger partial charge in [-0.3, -0.25) is 9.69 Å². The monoisotopic (exact) mass is 430 g/mol. The van der Waals surface area contributed by atoms with Crippen molar-refractivity contribution >= 4 is 23.7 Å². The molecule has 0 unspecified atom stereocenters. The summed E-state index contributed by atoms with van der Waals surface area (Å²) >= 11 is 0. The first-order valence-electron chi connectivity index (χ1n) is 10.0. The third-order valence-corrected chi connectivity index (χ3v) is 3.77. The molecule has 1 aromatic rings. The lowest BCUT2D eigenvalue weighted by Crippen LogP contribution is -2.37. The van der Waals surface area contributed by atoms with Crippen molar-refractivity contribution in [3.05, 3.63) is 41.6 Å². The number of hydrogen-bond acceptors (Lipinski definition) is 7. The van der Waals surface area contributed by atoms with Crippen LogP contribution in [0.3, 0.4) is 0 Å². The van der Waals surface area contributed by atoms with Crippen molar-refractivity contribution in [1.82, 2.24) is 4.90 Å². The summed E-state index contributed by atoms with van der Waals surface area (Å²) in [5.41, 5.74) is 4.78. The molecule has 1 rings (SSSR count). The fourth-order valence-corrected chi connectivity index (χ4v) is 2.31. The van der Waals surface area contributed by atoms with Crippen molar-refractivity contribution in [2.75, 3.05) is 25.0 Å². The fraction of sp³-hybridized carbons (Fsp3) is 0.455. The minimum Gasteiger partial charge on any atom is -0.462 e. The zero-order valence-electron chi connectivity index (χ0n) is 18.4. The molecule has 31 heavy (non-hydrogen) atoms. The van der Waals surface area contributed by atoms with Crippen LogP contribution in [0.5, 0.6) is 0 Å². The van der Waals surface area contributed by atoms with Crippen molar-refractivity contribution in [3.63, 3.8) is 0 Å². The Morgan fingerprint density at radius 2 is 1.94 bits per heavy atom. The minimum atomic E-state index is -0.790. The third kappa shape index (κ3) is 8.88. The van der Waals surface area contributed by atoms with E-state index in [1.165, 1.54) is 12.1 Å². The van der Waals surface area contributed by atoms with Gasteiger partial charge in [0.1, 0.15) is 17.2 Å². The van der Waals surface area contributed by atoms with Crippen molar-refractivity contribution in [2.24, 2.45) is 5.73 Å². The number of carbonyl (C=O) groups is 3. The topological polar surface area (TPSA) is 135 Å². The molecule has 0 saturated carbocycles. The van der Waals surface area contributed by atoms with Crippen LogP contribution in [0.2, 0.25) is 0 Å². The van der Waals surface area contributed by atoms with Crippen LogP contribution in [0.4, 0.5) is 10.5 Å². The first-order valence-corrected chi connectivity index (χ1v) is 10.0. The molecule has 2 amide bonds. The Balaban J connectivity index is 3.06. The Labute approximate surface area is 182 Å². The molecule has 0 aliphatic heterocycles. The number of benzene rings is 1. The minimum absolute atomic E-state index is 0.0493. The summed E-state index contributed by atoms with van der Waals surface area (Å²) < 4.78 is 10.5. The van der Waals surface area contributed by atoms with Crippen LogP contribution in [0, 0.1) is 11.3 Å². The smallest absolute Gasteiger partial charge is 0.414 e. The molecule has 9 nitrogen and oxygen atoms in total. The lowest BCUT2D eigenvalue weighted by molar-refractivity contribution is -0.112. The maximum absolute atomic E-state index is 12.7. The molecule has 9 heteroatoms. The van der Waals surface area contributed by atoms with Crippen LogP contribution in [-0.4, -0.2) is 48.2 Å². The van der Waals surface area contributed by atoms with Crippen molar-refractivity contribution in [2.45, 2.75) is 46.1 Å². The van der Waals surface area contributed by atoms with Gasteiger partial charge in [-0.2, -0.15) is 5.26 Å². The number of nitriles is 1. The molecule has 1 aromatic carbocycles. The first-order chi connectivity index (χ1) is 14.6. The number of carbonyl (C=O) groups excluding carboxylic acids is 3. The number of esters is 1. The van der Waals surface area contributed by atoms with E-state index >= 15 is 0 Å². The van der Waals surface area contributed by atoms with Crippen molar-refractivity contribution < 1.29 is 23.9 Å². The number of nitrogens with two attached hydrogens (primary N) is 1. The second-order valence-electron chi connectivity index (χ2n) is 7.61. The molecular weight excluding hydrogens is 400 g/mol. The number of anilines is 1. The number of nitrogens with one attached hydrogen (secondary N) is 1. The van der Waals surface area contributed by atoms with E-state index in [4.69, 9.17) is 15.2 Å².